The molecule has 0 saturated carbocycles. The predicted octanol–water partition coefficient (Wildman–Crippen LogP) is 1.38. The molecule has 18 heavy (non-hydrogen) atoms. The van der Waals surface area contributed by atoms with Gasteiger partial charge in [-0.05, 0) is 17.7 Å². The molecular weight excluding hydrogens is 235 g/mol. The summed E-state index contributed by atoms with van der Waals surface area (Å²) in [5, 5.41) is 3.73. The largest absolute Gasteiger partial charge is 0.291 e. The van der Waals surface area contributed by atoms with E-state index in [-0.39, 0.29) is 11.5 Å². The molecule has 5 nitrogen and oxygen atoms in total. The number of aromatic nitrogens is 2. The number of rotatable bonds is 3. The number of amides is 1. The van der Waals surface area contributed by atoms with E-state index in [0.717, 1.165) is 0 Å². The Morgan fingerprint density at radius 2 is 2.06 bits per heavy atom. The minimum Gasteiger partial charge on any atom is -0.265 e. The number of hydrogen-bond donors (Lipinski definition) is 1. The molecular formula is C12H9FN4O. The highest BCUT2D eigenvalue weighted by molar-refractivity contribution is 5.92. The Labute approximate surface area is 102 Å². The fourth-order valence-corrected chi connectivity index (χ4v) is 1.19. The molecule has 2 rings (SSSR count). The van der Waals surface area contributed by atoms with Crippen molar-refractivity contribution in [2.45, 2.75) is 0 Å². The maximum absolute atomic E-state index is 12.6. The van der Waals surface area contributed by atoms with Gasteiger partial charge in [0.05, 0.1) is 12.4 Å². The summed E-state index contributed by atoms with van der Waals surface area (Å²) >= 11 is 0. The van der Waals surface area contributed by atoms with Crippen LogP contribution in [0.2, 0.25) is 0 Å². The van der Waals surface area contributed by atoms with Crippen LogP contribution in [0.3, 0.4) is 0 Å². The third kappa shape index (κ3) is 3.18. The minimum absolute atomic E-state index is 0.175. The quantitative estimate of drug-likeness (QED) is 0.655. The van der Waals surface area contributed by atoms with E-state index in [1.807, 2.05) is 0 Å². The number of nitrogens with one attached hydrogen (secondary N) is 1. The van der Waals surface area contributed by atoms with Gasteiger partial charge in [-0.2, -0.15) is 5.10 Å². The van der Waals surface area contributed by atoms with Crippen LogP contribution >= 0.6 is 0 Å². The molecule has 1 N–H and O–H groups in total. The van der Waals surface area contributed by atoms with Crippen LogP contribution in [0.4, 0.5) is 4.39 Å². The second kappa shape index (κ2) is 5.62. The molecule has 0 bridgehead atoms. The van der Waals surface area contributed by atoms with Crippen molar-refractivity contribution < 1.29 is 9.18 Å². The highest BCUT2D eigenvalue weighted by Gasteiger charge is 2.04. The van der Waals surface area contributed by atoms with Crippen molar-refractivity contribution in [3.63, 3.8) is 0 Å². The summed E-state index contributed by atoms with van der Waals surface area (Å²) in [6.07, 6.45) is 5.63. The Balaban J connectivity index is 1.96. The van der Waals surface area contributed by atoms with Crippen LogP contribution in [0.1, 0.15) is 16.1 Å². The summed E-state index contributed by atoms with van der Waals surface area (Å²) in [5.74, 6) is -0.780. The first-order valence-corrected chi connectivity index (χ1v) is 5.11. The van der Waals surface area contributed by atoms with Gasteiger partial charge in [0.1, 0.15) is 11.5 Å². The molecule has 6 heteroatoms. The topological polar surface area (TPSA) is 67.2 Å². The van der Waals surface area contributed by atoms with E-state index < -0.39 is 5.91 Å². The van der Waals surface area contributed by atoms with Gasteiger partial charge in [0.2, 0.25) is 0 Å². The van der Waals surface area contributed by atoms with Gasteiger partial charge in [0.15, 0.2) is 0 Å². The summed E-state index contributed by atoms with van der Waals surface area (Å²) < 4.78 is 12.6. The number of benzene rings is 1. The van der Waals surface area contributed by atoms with E-state index in [1.54, 1.807) is 12.1 Å². The van der Waals surface area contributed by atoms with Crippen LogP contribution in [0, 0.1) is 5.82 Å². The SMILES string of the molecule is O=C(N/N=C\c1ccc(F)cc1)c1cnccn1. The van der Waals surface area contributed by atoms with Crippen molar-refractivity contribution in [2.75, 3.05) is 0 Å². The number of carbonyl (C=O) groups is 1. The molecule has 2 aromatic rings. The standard InChI is InChI=1S/C12H9FN4O/c13-10-3-1-9(2-4-10)7-16-17-12(18)11-8-14-5-6-15-11/h1-8H,(H,17,18)/b16-7-. The van der Waals surface area contributed by atoms with Crippen molar-refractivity contribution >= 4 is 12.1 Å². The van der Waals surface area contributed by atoms with E-state index in [0.29, 0.717) is 5.56 Å². The van der Waals surface area contributed by atoms with Crippen molar-refractivity contribution in [1.82, 2.24) is 15.4 Å². The Kier molecular flexibility index (Phi) is 3.70. The van der Waals surface area contributed by atoms with Crippen LogP contribution in [0.25, 0.3) is 0 Å². The normalized spacial score (nSPS) is 10.5. The van der Waals surface area contributed by atoms with E-state index in [1.165, 1.54) is 36.9 Å². The lowest BCUT2D eigenvalue weighted by Crippen LogP contribution is -2.19. The molecule has 0 saturated heterocycles. The molecule has 0 fully saturated rings. The molecule has 0 aliphatic rings. The first-order chi connectivity index (χ1) is 8.75. The van der Waals surface area contributed by atoms with Gasteiger partial charge in [-0.25, -0.2) is 14.8 Å². The Morgan fingerprint density at radius 1 is 1.28 bits per heavy atom. The molecule has 0 spiro atoms. The highest BCUT2D eigenvalue weighted by atomic mass is 19.1. The average molecular weight is 244 g/mol. The molecule has 1 amide bonds. The first-order valence-electron chi connectivity index (χ1n) is 5.11. The van der Waals surface area contributed by atoms with Gasteiger partial charge < -0.3 is 0 Å². The van der Waals surface area contributed by atoms with E-state index in [9.17, 15) is 9.18 Å². The Morgan fingerprint density at radius 3 is 2.72 bits per heavy atom. The van der Waals surface area contributed by atoms with Crippen molar-refractivity contribution in [3.8, 4) is 0 Å². The summed E-state index contributed by atoms with van der Waals surface area (Å²) in [6, 6.07) is 5.72. The monoisotopic (exact) mass is 244 g/mol. The summed E-state index contributed by atoms with van der Waals surface area (Å²) in [5.41, 5.74) is 3.15. The molecule has 90 valence electrons. The Bertz CT molecular complexity index is 554. The molecule has 0 unspecified atom stereocenters. The molecule has 1 heterocycles. The predicted molar refractivity (Wildman–Crippen MR) is 63.5 cm³/mol. The molecule has 0 aliphatic carbocycles. The highest BCUT2D eigenvalue weighted by Crippen LogP contribution is 1.99. The maximum atomic E-state index is 12.6. The summed E-state index contributed by atoms with van der Waals surface area (Å²) in [7, 11) is 0. The van der Waals surface area contributed by atoms with E-state index in [2.05, 4.69) is 20.5 Å². The molecule has 1 aromatic carbocycles. The fraction of sp³-hybridized carbons (Fsp3) is 0. The van der Waals surface area contributed by atoms with Gasteiger partial charge in [-0.3, -0.25) is 9.78 Å². The van der Waals surface area contributed by atoms with Gasteiger partial charge >= 0.3 is 0 Å². The zero-order valence-electron chi connectivity index (χ0n) is 9.25. The molecule has 0 radical (unpaired) electrons. The smallest absolute Gasteiger partial charge is 0.265 e. The van der Waals surface area contributed by atoms with Crippen LogP contribution in [-0.4, -0.2) is 22.1 Å². The average Bonchev–Trinajstić information content (AvgIpc) is 2.42. The summed E-state index contributed by atoms with van der Waals surface area (Å²) in [4.78, 5) is 19.1. The van der Waals surface area contributed by atoms with Crippen LogP contribution in [-0.2, 0) is 0 Å². The van der Waals surface area contributed by atoms with Gasteiger partial charge in [0.25, 0.3) is 5.91 Å². The number of nitrogens with zero attached hydrogens (tertiary/aromatic N) is 3. The third-order valence-corrected chi connectivity index (χ3v) is 2.05. The van der Waals surface area contributed by atoms with Crippen molar-refractivity contribution in [2.24, 2.45) is 5.10 Å². The zero-order valence-corrected chi connectivity index (χ0v) is 9.25. The van der Waals surface area contributed by atoms with Crippen molar-refractivity contribution in [1.29, 1.82) is 0 Å². The Hall–Kier alpha value is -2.63. The maximum Gasteiger partial charge on any atom is 0.291 e. The molecule has 0 aliphatic heterocycles. The lowest BCUT2D eigenvalue weighted by Gasteiger charge is -1.97. The second-order valence-corrected chi connectivity index (χ2v) is 3.34. The van der Waals surface area contributed by atoms with Crippen molar-refractivity contribution in [3.05, 3.63) is 59.9 Å². The summed E-state index contributed by atoms with van der Waals surface area (Å²) in [6.45, 7) is 0. The van der Waals surface area contributed by atoms with Crippen LogP contribution in [0.15, 0.2) is 48.0 Å². The zero-order chi connectivity index (χ0) is 12.8. The minimum atomic E-state index is -0.457. The van der Waals surface area contributed by atoms with E-state index in [4.69, 9.17) is 0 Å². The molecule has 1 aromatic heterocycles. The second-order valence-electron chi connectivity index (χ2n) is 3.34. The van der Waals surface area contributed by atoms with Crippen LogP contribution < -0.4 is 5.43 Å². The first kappa shape index (κ1) is 11.8. The lowest BCUT2D eigenvalue weighted by atomic mass is 10.2. The van der Waals surface area contributed by atoms with Crippen LogP contribution in [0.5, 0.6) is 0 Å². The van der Waals surface area contributed by atoms with Gasteiger partial charge in [0, 0.05) is 12.4 Å². The van der Waals surface area contributed by atoms with E-state index >= 15 is 0 Å². The fourth-order valence-electron chi connectivity index (χ4n) is 1.19. The number of hydrazone groups is 1. The van der Waals surface area contributed by atoms with Gasteiger partial charge in [-0.15, -0.1) is 0 Å². The number of halogens is 1. The molecule has 0 atom stereocenters. The third-order valence-electron chi connectivity index (χ3n) is 2.05. The number of hydrogen-bond acceptors (Lipinski definition) is 4. The number of carbonyl (C=O) groups excluding carboxylic acids is 1. The lowest BCUT2D eigenvalue weighted by molar-refractivity contribution is 0.0949. The van der Waals surface area contributed by atoms with Gasteiger partial charge in [-0.1, -0.05) is 12.1 Å².